The summed E-state index contributed by atoms with van der Waals surface area (Å²) in [5.41, 5.74) is 3.72. The molecule has 11 nitrogen and oxygen atoms in total. The second-order valence-electron chi connectivity index (χ2n) is 11.4. The molecule has 0 radical (unpaired) electrons. The van der Waals surface area contributed by atoms with Crippen LogP contribution in [0, 0.1) is 13.8 Å². The number of fused-ring (bicyclic) bond motifs is 4. The molecule has 0 aliphatic carbocycles. The number of benzene rings is 3. The Bertz CT molecular complexity index is 1690. The SMILES string of the molecule is COc1ccc2cc1OCCCN(C(=O)COc1cccc(C)c1C)CC(=O)N[C@@H](Cc1ccccc1)C(=O)NCCn1ccnc1-2. The van der Waals surface area contributed by atoms with Gasteiger partial charge in [0.05, 0.1) is 20.3 Å². The molecular formula is C36H41N5O6. The summed E-state index contributed by atoms with van der Waals surface area (Å²) >= 11 is 0. The molecule has 0 spiro atoms. The lowest BCUT2D eigenvalue weighted by molar-refractivity contribution is -0.138. The summed E-state index contributed by atoms with van der Waals surface area (Å²) in [6.45, 7) is 4.68. The van der Waals surface area contributed by atoms with Crippen LogP contribution in [0.25, 0.3) is 11.4 Å². The second-order valence-corrected chi connectivity index (χ2v) is 11.4. The van der Waals surface area contributed by atoms with Crippen LogP contribution in [-0.2, 0) is 27.3 Å². The van der Waals surface area contributed by atoms with Crippen molar-refractivity contribution in [2.24, 2.45) is 0 Å². The van der Waals surface area contributed by atoms with E-state index in [1.807, 2.05) is 91.3 Å². The Morgan fingerprint density at radius 2 is 1.85 bits per heavy atom. The van der Waals surface area contributed by atoms with Gasteiger partial charge in [-0.05, 0) is 61.2 Å². The molecule has 2 bridgehead atoms. The third-order valence-electron chi connectivity index (χ3n) is 8.15. The number of ether oxygens (including phenoxy) is 3. The van der Waals surface area contributed by atoms with E-state index in [2.05, 4.69) is 15.6 Å². The predicted molar refractivity (Wildman–Crippen MR) is 177 cm³/mol. The quantitative estimate of drug-likeness (QED) is 0.330. The molecule has 1 aliphatic heterocycles. The Balaban J connectivity index is 1.39. The average molecular weight is 640 g/mol. The molecule has 5 rings (SSSR count). The van der Waals surface area contributed by atoms with E-state index in [0.29, 0.717) is 49.0 Å². The first-order valence-electron chi connectivity index (χ1n) is 15.7. The van der Waals surface area contributed by atoms with Crippen molar-refractivity contribution in [2.75, 3.05) is 40.0 Å². The van der Waals surface area contributed by atoms with Gasteiger partial charge in [-0.15, -0.1) is 0 Å². The minimum absolute atomic E-state index is 0.227. The summed E-state index contributed by atoms with van der Waals surface area (Å²) in [6.07, 6.45) is 4.28. The molecule has 246 valence electrons. The third-order valence-corrected chi connectivity index (χ3v) is 8.15. The lowest BCUT2D eigenvalue weighted by Gasteiger charge is -2.25. The maximum absolute atomic E-state index is 13.5. The first-order valence-corrected chi connectivity index (χ1v) is 15.7. The van der Waals surface area contributed by atoms with Crippen molar-refractivity contribution in [1.29, 1.82) is 0 Å². The van der Waals surface area contributed by atoms with E-state index in [1.165, 1.54) is 4.90 Å². The van der Waals surface area contributed by atoms with Gasteiger partial charge in [-0.25, -0.2) is 4.98 Å². The number of aryl methyl sites for hydroxylation is 1. The Labute approximate surface area is 274 Å². The standard InChI is InChI=1S/C36H41N5O6/c1-25-9-7-12-30(26(25)2)47-24-34(43)41-17-8-20-46-32-22-28(13-14-31(32)45-3)35-37-15-18-40(35)19-16-38-36(44)29(39-33(42)23-41)21-27-10-5-4-6-11-27/h4-7,9-15,18,22,29H,8,16-17,19-21,23-24H2,1-3H3,(H,38,44)(H,39,42)/t29-/m0/s1. The minimum Gasteiger partial charge on any atom is -0.493 e. The highest BCUT2D eigenvalue weighted by Crippen LogP contribution is 2.32. The van der Waals surface area contributed by atoms with Crippen molar-refractivity contribution in [2.45, 2.75) is 39.3 Å². The van der Waals surface area contributed by atoms with E-state index in [-0.39, 0.29) is 38.1 Å². The van der Waals surface area contributed by atoms with Gasteiger partial charge in [-0.3, -0.25) is 14.4 Å². The summed E-state index contributed by atoms with van der Waals surface area (Å²) in [6, 6.07) is 19.9. The normalized spacial score (nSPS) is 16.1. The topological polar surface area (TPSA) is 124 Å². The van der Waals surface area contributed by atoms with Crippen molar-refractivity contribution in [3.63, 3.8) is 0 Å². The van der Waals surface area contributed by atoms with Crippen molar-refractivity contribution in [1.82, 2.24) is 25.1 Å². The molecule has 2 N–H and O–H groups in total. The van der Waals surface area contributed by atoms with Gasteiger partial charge in [0.1, 0.15) is 17.6 Å². The molecule has 2 heterocycles. The molecule has 3 aromatic carbocycles. The van der Waals surface area contributed by atoms with Crippen LogP contribution >= 0.6 is 0 Å². The first kappa shape index (κ1) is 33.1. The van der Waals surface area contributed by atoms with Crippen molar-refractivity contribution in [3.05, 3.63) is 95.8 Å². The van der Waals surface area contributed by atoms with Gasteiger partial charge >= 0.3 is 0 Å². The summed E-state index contributed by atoms with van der Waals surface area (Å²) in [5, 5.41) is 5.84. The fourth-order valence-corrected chi connectivity index (χ4v) is 5.41. The van der Waals surface area contributed by atoms with Gasteiger partial charge < -0.3 is 34.3 Å². The molecule has 1 aliphatic rings. The lowest BCUT2D eigenvalue weighted by Crippen LogP contribution is -2.52. The molecule has 4 aromatic rings. The largest absolute Gasteiger partial charge is 0.493 e. The van der Waals surface area contributed by atoms with Crippen LogP contribution < -0.4 is 24.8 Å². The van der Waals surface area contributed by atoms with Gasteiger partial charge in [0.25, 0.3) is 5.91 Å². The number of amides is 3. The zero-order valence-corrected chi connectivity index (χ0v) is 27.0. The van der Waals surface area contributed by atoms with Gasteiger partial charge in [0, 0.05) is 44.0 Å². The number of nitrogens with one attached hydrogen (secondary N) is 2. The minimum atomic E-state index is -0.846. The molecular weight excluding hydrogens is 598 g/mol. The van der Waals surface area contributed by atoms with E-state index in [4.69, 9.17) is 14.2 Å². The molecule has 0 fully saturated rings. The summed E-state index contributed by atoms with van der Waals surface area (Å²) < 4.78 is 19.5. The van der Waals surface area contributed by atoms with E-state index in [1.54, 1.807) is 13.3 Å². The van der Waals surface area contributed by atoms with Crippen LogP contribution in [0.3, 0.4) is 0 Å². The van der Waals surface area contributed by atoms with Crippen LogP contribution in [-0.4, -0.2) is 78.2 Å². The Morgan fingerprint density at radius 1 is 1.02 bits per heavy atom. The van der Waals surface area contributed by atoms with Crippen LogP contribution in [0.2, 0.25) is 0 Å². The van der Waals surface area contributed by atoms with E-state index >= 15 is 0 Å². The van der Waals surface area contributed by atoms with Gasteiger partial charge in [0.2, 0.25) is 11.8 Å². The van der Waals surface area contributed by atoms with Crippen LogP contribution in [0.15, 0.2) is 79.1 Å². The van der Waals surface area contributed by atoms with Gasteiger partial charge in [-0.2, -0.15) is 0 Å². The van der Waals surface area contributed by atoms with Crippen molar-refractivity contribution in [3.8, 4) is 28.6 Å². The number of hydrogen-bond donors (Lipinski definition) is 2. The predicted octanol–water partition coefficient (Wildman–Crippen LogP) is 3.71. The van der Waals surface area contributed by atoms with Crippen molar-refractivity contribution < 1.29 is 28.6 Å². The average Bonchev–Trinajstić information content (AvgIpc) is 3.54. The summed E-state index contributed by atoms with van der Waals surface area (Å²) in [4.78, 5) is 46.4. The number of imidazole rings is 1. The smallest absolute Gasteiger partial charge is 0.260 e. The number of nitrogens with zero attached hydrogens (tertiary/aromatic N) is 3. The van der Waals surface area contributed by atoms with E-state index in [0.717, 1.165) is 22.3 Å². The highest BCUT2D eigenvalue weighted by molar-refractivity contribution is 5.90. The third kappa shape index (κ3) is 8.69. The zero-order valence-electron chi connectivity index (χ0n) is 27.0. The lowest BCUT2D eigenvalue weighted by atomic mass is 10.1. The fourth-order valence-electron chi connectivity index (χ4n) is 5.41. The molecule has 3 amide bonds. The van der Waals surface area contributed by atoms with Crippen LogP contribution in [0.1, 0.15) is 23.1 Å². The monoisotopic (exact) mass is 639 g/mol. The molecule has 0 unspecified atom stereocenters. The van der Waals surface area contributed by atoms with E-state index in [9.17, 15) is 14.4 Å². The zero-order chi connectivity index (χ0) is 33.2. The fraction of sp³-hybridized carbons (Fsp3) is 0.333. The van der Waals surface area contributed by atoms with Crippen molar-refractivity contribution >= 4 is 17.7 Å². The summed E-state index contributed by atoms with van der Waals surface area (Å²) in [7, 11) is 1.57. The highest BCUT2D eigenvalue weighted by Gasteiger charge is 2.25. The van der Waals surface area contributed by atoms with Gasteiger partial charge in [-0.1, -0.05) is 42.5 Å². The van der Waals surface area contributed by atoms with Crippen LogP contribution in [0.5, 0.6) is 17.2 Å². The summed E-state index contributed by atoms with van der Waals surface area (Å²) in [5.74, 6) is 1.29. The number of rotatable bonds is 6. The molecule has 1 atom stereocenters. The van der Waals surface area contributed by atoms with E-state index < -0.39 is 11.9 Å². The number of carbonyl (C=O) groups excluding carboxylic acids is 3. The molecule has 47 heavy (non-hydrogen) atoms. The maximum Gasteiger partial charge on any atom is 0.260 e. The van der Waals surface area contributed by atoms with Gasteiger partial charge in [0.15, 0.2) is 18.1 Å². The Hall–Kier alpha value is -5.32. The molecule has 0 saturated heterocycles. The number of carbonyl (C=O) groups is 3. The molecule has 1 aromatic heterocycles. The molecule has 11 heteroatoms. The first-order chi connectivity index (χ1) is 22.8. The maximum atomic E-state index is 13.5. The Kier molecular flexibility index (Phi) is 11.1. The number of methoxy groups -OCH3 is 1. The molecule has 0 saturated carbocycles. The number of aromatic nitrogens is 2. The number of hydrogen-bond acceptors (Lipinski definition) is 7. The highest BCUT2D eigenvalue weighted by atomic mass is 16.5. The van der Waals surface area contributed by atoms with Crippen LogP contribution in [0.4, 0.5) is 0 Å². The second kappa shape index (κ2) is 15.8. The Morgan fingerprint density at radius 3 is 2.66 bits per heavy atom.